The van der Waals surface area contributed by atoms with Crippen LogP contribution in [0.1, 0.15) is 10.4 Å². The summed E-state index contributed by atoms with van der Waals surface area (Å²) in [4.78, 5) is 14.9. The van der Waals surface area contributed by atoms with E-state index in [-0.39, 0.29) is 5.56 Å². The Balaban J connectivity index is 2.45. The minimum atomic E-state index is -1.19. The first-order valence-corrected chi connectivity index (χ1v) is 5.73. The van der Waals surface area contributed by atoms with Gasteiger partial charge in [0.25, 0.3) is 0 Å². The van der Waals surface area contributed by atoms with Gasteiger partial charge in [0.15, 0.2) is 0 Å². The normalized spacial score (nSPS) is 10.9. The summed E-state index contributed by atoms with van der Waals surface area (Å²) in [5, 5.41) is 14.7. The maximum absolute atomic E-state index is 10.8. The number of carboxylic acid groups (broad SMARTS) is 1. The fraction of sp³-hybridized carbons (Fsp3) is 0. The molecule has 0 bridgehead atoms. The summed E-state index contributed by atoms with van der Waals surface area (Å²) in [6.07, 6.45) is 1.64. The zero-order valence-corrected chi connectivity index (χ0v) is 9.94. The third-order valence-electron chi connectivity index (χ3n) is 2.94. The minimum Gasteiger partial charge on any atom is -0.545 e. The first kappa shape index (κ1) is 11.0. The smallest absolute Gasteiger partial charge is 0.137 e. The van der Waals surface area contributed by atoms with Gasteiger partial charge in [0.1, 0.15) is 5.15 Å². The molecule has 4 heteroatoms. The van der Waals surface area contributed by atoms with Crippen molar-refractivity contribution in [2.45, 2.75) is 0 Å². The molecule has 0 aliphatic heterocycles. The van der Waals surface area contributed by atoms with E-state index in [0.29, 0.717) is 5.15 Å². The second-order valence-corrected chi connectivity index (χ2v) is 4.35. The van der Waals surface area contributed by atoms with Gasteiger partial charge < -0.3 is 9.90 Å². The lowest BCUT2D eigenvalue weighted by Crippen LogP contribution is -2.21. The average molecular weight is 257 g/mol. The molecule has 0 spiro atoms. The zero-order valence-electron chi connectivity index (χ0n) is 9.18. The van der Waals surface area contributed by atoms with Crippen molar-refractivity contribution in [3.63, 3.8) is 0 Å². The van der Waals surface area contributed by atoms with E-state index in [4.69, 9.17) is 11.6 Å². The molecule has 3 rings (SSSR count). The summed E-state index contributed by atoms with van der Waals surface area (Å²) in [5.41, 5.74) is 0.155. The summed E-state index contributed by atoms with van der Waals surface area (Å²) in [6.45, 7) is 0. The molecule has 0 unspecified atom stereocenters. The number of carboxylic acids is 1. The lowest BCUT2D eigenvalue weighted by atomic mass is 10.0. The van der Waals surface area contributed by atoms with Crippen molar-refractivity contribution >= 4 is 39.1 Å². The van der Waals surface area contributed by atoms with Gasteiger partial charge in [0, 0.05) is 11.6 Å². The molecule has 0 amide bonds. The molecule has 0 saturated carbocycles. The molecule has 0 atom stereocenters. The van der Waals surface area contributed by atoms with Gasteiger partial charge in [-0.05, 0) is 33.9 Å². The highest BCUT2D eigenvalue weighted by Crippen LogP contribution is 2.30. The molecule has 0 N–H and O–H groups in total. The van der Waals surface area contributed by atoms with E-state index in [2.05, 4.69) is 4.98 Å². The average Bonchev–Trinajstić information content (AvgIpc) is 2.37. The van der Waals surface area contributed by atoms with E-state index in [1.807, 2.05) is 18.2 Å². The van der Waals surface area contributed by atoms with Crippen molar-refractivity contribution in [2.75, 3.05) is 0 Å². The number of hydrogen-bond acceptors (Lipinski definition) is 3. The predicted molar refractivity (Wildman–Crippen MR) is 68.6 cm³/mol. The number of rotatable bonds is 1. The van der Waals surface area contributed by atoms with Gasteiger partial charge in [-0.3, -0.25) is 0 Å². The van der Waals surface area contributed by atoms with Crippen LogP contribution < -0.4 is 5.11 Å². The molecule has 1 aromatic heterocycles. The molecule has 18 heavy (non-hydrogen) atoms. The maximum Gasteiger partial charge on any atom is 0.137 e. The van der Waals surface area contributed by atoms with Gasteiger partial charge in [-0.2, -0.15) is 0 Å². The second kappa shape index (κ2) is 3.96. The highest BCUT2D eigenvalue weighted by Gasteiger charge is 2.06. The third-order valence-corrected chi connectivity index (χ3v) is 3.22. The molecule has 0 aliphatic carbocycles. The molecule has 0 saturated heterocycles. The highest BCUT2D eigenvalue weighted by molar-refractivity contribution is 6.36. The first-order chi connectivity index (χ1) is 8.66. The molecule has 2 aromatic carbocycles. The maximum atomic E-state index is 10.8. The molecule has 1 heterocycles. The van der Waals surface area contributed by atoms with Crippen LogP contribution in [0.2, 0.25) is 5.15 Å². The molecular weight excluding hydrogens is 250 g/mol. The Morgan fingerprint density at radius 3 is 2.67 bits per heavy atom. The van der Waals surface area contributed by atoms with Crippen molar-refractivity contribution in [2.24, 2.45) is 0 Å². The fourth-order valence-electron chi connectivity index (χ4n) is 2.09. The van der Waals surface area contributed by atoms with Crippen LogP contribution in [-0.4, -0.2) is 11.0 Å². The van der Waals surface area contributed by atoms with Gasteiger partial charge in [0.2, 0.25) is 0 Å². The summed E-state index contributed by atoms with van der Waals surface area (Å²) in [6, 6.07) is 10.4. The topological polar surface area (TPSA) is 53.0 Å². The van der Waals surface area contributed by atoms with Crippen LogP contribution in [0.5, 0.6) is 0 Å². The number of benzene rings is 2. The number of fused-ring (bicyclic) bond motifs is 3. The van der Waals surface area contributed by atoms with Crippen molar-refractivity contribution in [3.05, 3.63) is 53.3 Å². The lowest BCUT2D eigenvalue weighted by Gasteiger charge is -2.08. The van der Waals surface area contributed by atoms with Crippen LogP contribution in [0.4, 0.5) is 0 Å². The Labute approximate surface area is 108 Å². The number of aromatic carboxylic acids is 1. The van der Waals surface area contributed by atoms with Gasteiger partial charge in [0.05, 0.1) is 5.97 Å². The third kappa shape index (κ3) is 1.60. The van der Waals surface area contributed by atoms with E-state index >= 15 is 0 Å². The number of pyridine rings is 1. The number of aromatic nitrogens is 1. The standard InChI is InChI=1S/C14H8ClNO2/c15-13-12-8(5-6-16-13)1-2-9-7-10(14(17)18)3-4-11(9)12/h1-7H,(H,17,18)/p-1. The predicted octanol–water partition coefficient (Wildman–Crippen LogP) is 2.40. The van der Waals surface area contributed by atoms with Crippen LogP contribution in [0, 0.1) is 0 Å². The van der Waals surface area contributed by atoms with Crippen LogP contribution >= 0.6 is 11.6 Å². The van der Waals surface area contributed by atoms with Gasteiger partial charge >= 0.3 is 0 Å². The van der Waals surface area contributed by atoms with E-state index in [9.17, 15) is 9.90 Å². The summed E-state index contributed by atoms with van der Waals surface area (Å²) in [5.74, 6) is -1.19. The Hall–Kier alpha value is -2.13. The van der Waals surface area contributed by atoms with E-state index in [1.54, 1.807) is 18.3 Å². The Morgan fingerprint density at radius 2 is 1.89 bits per heavy atom. The molecule has 88 valence electrons. The van der Waals surface area contributed by atoms with Crippen LogP contribution in [0.25, 0.3) is 21.5 Å². The number of halogens is 1. The second-order valence-electron chi connectivity index (χ2n) is 3.99. The van der Waals surface area contributed by atoms with Crippen LogP contribution in [0.3, 0.4) is 0 Å². The van der Waals surface area contributed by atoms with Crippen LogP contribution in [0.15, 0.2) is 42.6 Å². The summed E-state index contributed by atoms with van der Waals surface area (Å²) in [7, 11) is 0. The van der Waals surface area contributed by atoms with Gasteiger partial charge in [-0.25, -0.2) is 4.98 Å². The molecule has 0 radical (unpaired) electrons. The quantitative estimate of drug-likeness (QED) is 0.496. The summed E-state index contributed by atoms with van der Waals surface area (Å²) >= 11 is 6.10. The van der Waals surface area contributed by atoms with E-state index < -0.39 is 5.97 Å². The zero-order chi connectivity index (χ0) is 12.7. The van der Waals surface area contributed by atoms with E-state index in [0.717, 1.165) is 21.5 Å². The van der Waals surface area contributed by atoms with Crippen molar-refractivity contribution in [1.29, 1.82) is 0 Å². The van der Waals surface area contributed by atoms with Crippen LogP contribution in [-0.2, 0) is 0 Å². The monoisotopic (exact) mass is 256 g/mol. The minimum absolute atomic E-state index is 0.155. The molecule has 3 aromatic rings. The number of carbonyl (C=O) groups excluding carboxylic acids is 1. The Kier molecular flexibility index (Phi) is 2.42. The molecule has 0 fully saturated rings. The lowest BCUT2D eigenvalue weighted by molar-refractivity contribution is -0.255. The molecule has 3 nitrogen and oxygen atoms in total. The molecular formula is C14H7ClNO2-. The Morgan fingerprint density at radius 1 is 1.11 bits per heavy atom. The highest BCUT2D eigenvalue weighted by atomic mass is 35.5. The van der Waals surface area contributed by atoms with Crippen molar-refractivity contribution < 1.29 is 9.90 Å². The van der Waals surface area contributed by atoms with Gasteiger partial charge in [-0.1, -0.05) is 35.9 Å². The summed E-state index contributed by atoms with van der Waals surface area (Å²) < 4.78 is 0. The van der Waals surface area contributed by atoms with Crippen molar-refractivity contribution in [3.8, 4) is 0 Å². The number of nitrogens with zero attached hydrogens (tertiary/aromatic N) is 1. The fourth-order valence-corrected chi connectivity index (χ4v) is 2.36. The van der Waals surface area contributed by atoms with E-state index in [1.165, 1.54) is 6.07 Å². The first-order valence-electron chi connectivity index (χ1n) is 5.35. The Bertz CT molecular complexity index is 783. The van der Waals surface area contributed by atoms with Gasteiger partial charge in [-0.15, -0.1) is 0 Å². The van der Waals surface area contributed by atoms with Crippen molar-refractivity contribution in [1.82, 2.24) is 4.98 Å². The molecule has 0 aliphatic rings. The number of hydrogen-bond donors (Lipinski definition) is 0. The number of carbonyl (C=O) groups is 1. The SMILES string of the molecule is O=C([O-])c1ccc2c(ccc3ccnc(Cl)c32)c1. The largest absolute Gasteiger partial charge is 0.545 e.